The number of benzene rings is 1. The molecule has 2 aromatic rings. The third-order valence-electron chi connectivity index (χ3n) is 7.07. The number of thiophene rings is 1. The topological polar surface area (TPSA) is 37.3 Å². The molecule has 4 aliphatic carbocycles. The first-order chi connectivity index (χ1) is 13.5. The third kappa shape index (κ3) is 2.70. The zero-order chi connectivity index (χ0) is 19.6. The van der Waals surface area contributed by atoms with Gasteiger partial charge in [0, 0.05) is 17.4 Å². The molecule has 6 rings (SSSR count). The largest absolute Gasteiger partial charge is 0.511 e. The van der Waals surface area contributed by atoms with E-state index < -0.39 is 0 Å². The van der Waals surface area contributed by atoms with Crippen LogP contribution in [-0.4, -0.2) is 10.9 Å². The van der Waals surface area contributed by atoms with Gasteiger partial charge < -0.3 is 5.11 Å². The molecular weight excluding hydrogens is 411 g/mol. The SMILES string of the molecule is CCc1ccc(-c2cc(Cl)sc2Cl)cc1C1=C(O)[C@H]2C3CCC(CC3)[C@H]2C1=O. The Kier molecular flexibility index (Phi) is 4.61. The number of aliphatic hydroxyl groups is 1. The summed E-state index contributed by atoms with van der Waals surface area (Å²) in [6, 6.07) is 7.97. The number of fused-ring (bicyclic) bond motifs is 2. The van der Waals surface area contributed by atoms with Crippen molar-refractivity contribution < 1.29 is 9.90 Å². The Morgan fingerprint density at radius 2 is 1.71 bits per heavy atom. The van der Waals surface area contributed by atoms with Crippen LogP contribution in [0.1, 0.15) is 43.7 Å². The molecule has 4 aliphatic rings. The fourth-order valence-electron chi connectivity index (χ4n) is 5.77. The van der Waals surface area contributed by atoms with Gasteiger partial charge in [0.05, 0.1) is 9.91 Å². The number of carbonyl (C=O) groups is 1. The average Bonchev–Trinajstić information content (AvgIpc) is 3.19. The summed E-state index contributed by atoms with van der Waals surface area (Å²) in [5.41, 5.74) is 4.33. The molecule has 0 unspecified atom stereocenters. The molecule has 1 N–H and O–H groups in total. The second-order valence-electron chi connectivity index (χ2n) is 8.31. The first-order valence-corrected chi connectivity index (χ1v) is 11.6. The number of ketones is 1. The highest BCUT2D eigenvalue weighted by Gasteiger charge is 2.54. The van der Waals surface area contributed by atoms with E-state index >= 15 is 0 Å². The van der Waals surface area contributed by atoms with Gasteiger partial charge in [0.15, 0.2) is 5.78 Å². The van der Waals surface area contributed by atoms with Gasteiger partial charge >= 0.3 is 0 Å². The van der Waals surface area contributed by atoms with Crippen molar-refractivity contribution in [3.05, 3.63) is 49.8 Å². The van der Waals surface area contributed by atoms with Crippen molar-refractivity contribution in [1.29, 1.82) is 0 Å². The molecule has 2 nitrogen and oxygen atoms in total. The van der Waals surface area contributed by atoms with E-state index in [1.165, 1.54) is 11.3 Å². The van der Waals surface area contributed by atoms with E-state index in [1.807, 2.05) is 18.2 Å². The highest BCUT2D eigenvalue weighted by Crippen LogP contribution is 2.57. The van der Waals surface area contributed by atoms with E-state index in [9.17, 15) is 9.90 Å². The Hall–Kier alpha value is -1.29. The van der Waals surface area contributed by atoms with Crippen molar-refractivity contribution in [2.45, 2.75) is 39.0 Å². The molecule has 2 bridgehead atoms. The third-order valence-corrected chi connectivity index (χ3v) is 8.56. The fraction of sp³-hybridized carbons (Fsp3) is 0.435. The van der Waals surface area contributed by atoms with Crippen LogP contribution in [0.3, 0.4) is 0 Å². The maximum absolute atomic E-state index is 13.5. The number of aliphatic hydroxyl groups excluding tert-OH is 1. The van der Waals surface area contributed by atoms with Crippen LogP contribution in [0.4, 0.5) is 0 Å². The molecule has 0 aliphatic heterocycles. The van der Waals surface area contributed by atoms with Gasteiger partial charge in [0.2, 0.25) is 0 Å². The van der Waals surface area contributed by atoms with Crippen LogP contribution in [0.2, 0.25) is 8.67 Å². The number of hydrogen-bond acceptors (Lipinski definition) is 3. The normalized spacial score (nSPS) is 28.9. The van der Waals surface area contributed by atoms with Gasteiger partial charge in [-0.3, -0.25) is 4.79 Å². The van der Waals surface area contributed by atoms with Gasteiger partial charge in [-0.2, -0.15) is 0 Å². The molecule has 2 atom stereocenters. The lowest BCUT2D eigenvalue weighted by molar-refractivity contribution is -0.123. The summed E-state index contributed by atoms with van der Waals surface area (Å²) < 4.78 is 1.28. The van der Waals surface area contributed by atoms with E-state index in [2.05, 4.69) is 13.0 Å². The van der Waals surface area contributed by atoms with Gasteiger partial charge in [0.25, 0.3) is 0 Å². The molecule has 146 valence electrons. The van der Waals surface area contributed by atoms with Crippen LogP contribution in [0.15, 0.2) is 30.0 Å². The minimum absolute atomic E-state index is 0.0185. The van der Waals surface area contributed by atoms with Gasteiger partial charge in [-0.25, -0.2) is 0 Å². The second-order valence-corrected chi connectivity index (χ2v) is 10.6. The molecule has 0 spiro atoms. The summed E-state index contributed by atoms with van der Waals surface area (Å²) >= 11 is 13.9. The van der Waals surface area contributed by atoms with Crippen LogP contribution in [-0.2, 0) is 11.2 Å². The number of aryl methyl sites for hydroxylation is 1. The molecule has 1 heterocycles. The number of rotatable bonds is 3. The maximum Gasteiger partial charge on any atom is 0.170 e. The Bertz CT molecular complexity index is 998. The molecule has 1 aromatic carbocycles. The van der Waals surface area contributed by atoms with Crippen LogP contribution in [0.5, 0.6) is 0 Å². The number of hydrogen-bond donors (Lipinski definition) is 1. The lowest BCUT2D eigenvalue weighted by atomic mass is 9.59. The first-order valence-electron chi connectivity index (χ1n) is 10.1. The maximum atomic E-state index is 13.5. The van der Waals surface area contributed by atoms with E-state index in [1.54, 1.807) is 0 Å². The lowest BCUT2D eigenvalue weighted by Crippen LogP contribution is -2.41. The van der Waals surface area contributed by atoms with Crippen molar-refractivity contribution in [2.75, 3.05) is 0 Å². The predicted octanol–water partition coefficient (Wildman–Crippen LogP) is 7.19. The molecule has 28 heavy (non-hydrogen) atoms. The van der Waals surface area contributed by atoms with Crippen molar-refractivity contribution in [3.8, 4) is 11.1 Å². The lowest BCUT2D eigenvalue weighted by Gasteiger charge is -2.44. The number of Topliss-reactive ketones (excluding diaryl/α,β-unsaturated/α-hetero) is 1. The van der Waals surface area contributed by atoms with Gasteiger partial charge in [-0.05, 0) is 72.8 Å². The smallest absolute Gasteiger partial charge is 0.170 e. The standard InChI is InChI=1S/C23H22Cl2O2S/c1-2-11-3-8-14(16-10-17(24)28-23(16)25)9-15(11)20-21(26)18-12-4-5-13(7-6-12)19(18)22(20)27/h3,8-10,12-13,18-19,26H,2,4-7H2,1H3/t12?,13?,18-,19+/m0/s1. The monoisotopic (exact) mass is 432 g/mol. The van der Waals surface area contributed by atoms with Gasteiger partial charge in [-0.15, -0.1) is 11.3 Å². The minimum Gasteiger partial charge on any atom is -0.511 e. The molecular formula is C23H22Cl2O2S. The molecule has 3 fully saturated rings. The quantitative estimate of drug-likeness (QED) is 0.556. The molecule has 1 aromatic heterocycles. The van der Waals surface area contributed by atoms with Crippen LogP contribution < -0.4 is 0 Å². The average molecular weight is 433 g/mol. The van der Waals surface area contributed by atoms with E-state index in [-0.39, 0.29) is 17.6 Å². The fourth-order valence-corrected chi connectivity index (χ4v) is 7.28. The van der Waals surface area contributed by atoms with E-state index in [0.29, 0.717) is 31.8 Å². The summed E-state index contributed by atoms with van der Waals surface area (Å²) in [5.74, 6) is 1.39. The summed E-state index contributed by atoms with van der Waals surface area (Å²) in [4.78, 5) is 13.5. The van der Waals surface area contributed by atoms with Crippen LogP contribution in [0, 0.1) is 23.7 Å². The van der Waals surface area contributed by atoms with E-state index in [0.717, 1.165) is 54.4 Å². The molecule has 0 saturated heterocycles. The Morgan fingerprint density at radius 3 is 2.29 bits per heavy atom. The number of allylic oxidation sites excluding steroid dienone is 2. The molecule has 0 radical (unpaired) electrons. The molecule has 5 heteroatoms. The Balaban J connectivity index is 1.65. The van der Waals surface area contributed by atoms with Crippen molar-refractivity contribution in [2.24, 2.45) is 23.7 Å². The summed E-state index contributed by atoms with van der Waals surface area (Å²) in [7, 11) is 0. The Morgan fingerprint density at radius 1 is 1.04 bits per heavy atom. The zero-order valence-electron chi connectivity index (χ0n) is 15.7. The van der Waals surface area contributed by atoms with Gasteiger partial charge in [0.1, 0.15) is 10.1 Å². The summed E-state index contributed by atoms with van der Waals surface area (Å²) in [6.07, 6.45) is 5.34. The van der Waals surface area contributed by atoms with Crippen molar-refractivity contribution in [3.63, 3.8) is 0 Å². The zero-order valence-corrected chi connectivity index (χ0v) is 18.0. The first kappa shape index (κ1) is 18.7. The number of halogens is 2. The van der Waals surface area contributed by atoms with Gasteiger partial charge in [-0.1, -0.05) is 42.3 Å². The highest BCUT2D eigenvalue weighted by atomic mass is 35.5. The van der Waals surface area contributed by atoms with E-state index in [4.69, 9.17) is 23.2 Å². The highest BCUT2D eigenvalue weighted by molar-refractivity contribution is 7.20. The predicted molar refractivity (Wildman–Crippen MR) is 116 cm³/mol. The van der Waals surface area contributed by atoms with Crippen LogP contribution in [0.25, 0.3) is 16.7 Å². The van der Waals surface area contributed by atoms with Crippen molar-refractivity contribution >= 4 is 45.9 Å². The summed E-state index contributed by atoms with van der Waals surface area (Å²) in [6.45, 7) is 2.08. The minimum atomic E-state index is -0.0185. The molecule has 3 saturated carbocycles. The molecule has 0 amide bonds. The van der Waals surface area contributed by atoms with Crippen LogP contribution >= 0.6 is 34.5 Å². The second kappa shape index (κ2) is 6.90. The Labute approximate surface area is 179 Å². The van der Waals surface area contributed by atoms with Crippen molar-refractivity contribution in [1.82, 2.24) is 0 Å². The number of carbonyl (C=O) groups excluding carboxylic acids is 1. The summed E-state index contributed by atoms with van der Waals surface area (Å²) in [5, 5.41) is 11.2.